The van der Waals surface area contributed by atoms with Crippen LogP contribution in [0.5, 0.6) is 0 Å². The normalized spacial score (nSPS) is 29.4. The van der Waals surface area contributed by atoms with Gasteiger partial charge in [0, 0.05) is 18.5 Å². The summed E-state index contributed by atoms with van der Waals surface area (Å²) in [5.74, 6) is 0.127. The first kappa shape index (κ1) is 10.5. The van der Waals surface area contributed by atoms with E-state index in [0.29, 0.717) is 6.42 Å². The molecule has 0 aromatic rings. The summed E-state index contributed by atoms with van der Waals surface area (Å²) in [7, 11) is 0. The van der Waals surface area contributed by atoms with E-state index >= 15 is 0 Å². The Morgan fingerprint density at radius 3 is 2.77 bits per heavy atom. The lowest BCUT2D eigenvalue weighted by Gasteiger charge is -2.22. The number of carbonyl (C=O) groups is 1. The largest absolute Gasteiger partial charge is 0.352 e. The van der Waals surface area contributed by atoms with Gasteiger partial charge in [-0.3, -0.25) is 4.79 Å². The number of amides is 1. The Morgan fingerprint density at radius 1 is 1.38 bits per heavy atom. The van der Waals surface area contributed by atoms with E-state index in [1.807, 2.05) is 6.92 Å². The van der Waals surface area contributed by atoms with E-state index in [4.69, 9.17) is 5.73 Å². The first-order chi connectivity index (χ1) is 6.24. The molecule has 0 aliphatic heterocycles. The number of carbonyl (C=O) groups excluding carboxylic acids is 1. The summed E-state index contributed by atoms with van der Waals surface area (Å²) >= 11 is 0. The molecule has 13 heavy (non-hydrogen) atoms. The molecule has 1 saturated carbocycles. The van der Waals surface area contributed by atoms with Crippen LogP contribution >= 0.6 is 0 Å². The molecule has 76 valence electrons. The highest BCUT2D eigenvalue weighted by Gasteiger charge is 2.20. The molecule has 0 aromatic heterocycles. The fraction of sp³-hybridized carbons (Fsp3) is 0.900. The molecule has 3 heteroatoms. The van der Waals surface area contributed by atoms with E-state index in [1.54, 1.807) is 0 Å². The fourth-order valence-electron chi connectivity index (χ4n) is 1.82. The van der Waals surface area contributed by atoms with Gasteiger partial charge in [-0.1, -0.05) is 26.2 Å². The van der Waals surface area contributed by atoms with Gasteiger partial charge in [-0.2, -0.15) is 0 Å². The highest BCUT2D eigenvalue weighted by Crippen LogP contribution is 2.16. The maximum atomic E-state index is 11.2. The van der Waals surface area contributed by atoms with Crippen LogP contribution in [0.1, 0.15) is 45.4 Å². The van der Waals surface area contributed by atoms with Crippen LogP contribution < -0.4 is 11.1 Å². The molecule has 2 atom stereocenters. The number of hydrogen-bond acceptors (Lipinski definition) is 2. The molecule has 0 bridgehead atoms. The standard InChI is InChI=1S/C10H20N2O/c1-2-10(13)12-9-7-5-3-4-6-8(9)11/h8-9H,2-7,11H2,1H3,(H,12,13). The third-order valence-corrected chi connectivity index (χ3v) is 2.74. The molecule has 0 saturated heterocycles. The summed E-state index contributed by atoms with van der Waals surface area (Å²) in [4.78, 5) is 11.2. The van der Waals surface area contributed by atoms with E-state index in [2.05, 4.69) is 5.32 Å². The van der Waals surface area contributed by atoms with Crippen molar-refractivity contribution < 1.29 is 4.79 Å². The van der Waals surface area contributed by atoms with Crippen LogP contribution in [0, 0.1) is 0 Å². The Balaban J connectivity index is 2.40. The van der Waals surface area contributed by atoms with Crippen molar-refractivity contribution in [3.8, 4) is 0 Å². The van der Waals surface area contributed by atoms with Crippen LogP contribution in [-0.4, -0.2) is 18.0 Å². The molecule has 0 radical (unpaired) electrons. The molecule has 2 unspecified atom stereocenters. The molecule has 1 aliphatic carbocycles. The van der Waals surface area contributed by atoms with Crippen molar-refractivity contribution in [2.75, 3.05) is 0 Å². The van der Waals surface area contributed by atoms with Crippen LogP contribution in [-0.2, 0) is 4.79 Å². The predicted octanol–water partition coefficient (Wildman–Crippen LogP) is 1.17. The second-order valence-corrected chi connectivity index (χ2v) is 3.83. The molecular weight excluding hydrogens is 164 g/mol. The van der Waals surface area contributed by atoms with Gasteiger partial charge < -0.3 is 11.1 Å². The van der Waals surface area contributed by atoms with Gasteiger partial charge in [0.05, 0.1) is 0 Å². The van der Waals surface area contributed by atoms with Crippen molar-refractivity contribution >= 4 is 5.91 Å². The molecule has 1 rings (SSSR count). The number of nitrogens with two attached hydrogens (primary N) is 1. The minimum absolute atomic E-state index is 0.127. The summed E-state index contributed by atoms with van der Waals surface area (Å²) in [5, 5.41) is 2.99. The molecule has 1 aliphatic rings. The summed E-state index contributed by atoms with van der Waals surface area (Å²) in [6.45, 7) is 1.87. The zero-order valence-corrected chi connectivity index (χ0v) is 8.38. The summed E-state index contributed by atoms with van der Waals surface area (Å²) in [5.41, 5.74) is 5.97. The lowest BCUT2D eigenvalue weighted by atomic mass is 10.0. The molecule has 0 heterocycles. The Hall–Kier alpha value is -0.570. The first-order valence-corrected chi connectivity index (χ1v) is 5.29. The molecule has 1 amide bonds. The van der Waals surface area contributed by atoms with E-state index in [1.165, 1.54) is 19.3 Å². The van der Waals surface area contributed by atoms with E-state index in [-0.39, 0.29) is 18.0 Å². The Kier molecular flexibility index (Phi) is 4.22. The third kappa shape index (κ3) is 3.35. The molecule has 0 spiro atoms. The second-order valence-electron chi connectivity index (χ2n) is 3.83. The lowest BCUT2D eigenvalue weighted by molar-refractivity contribution is -0.121. The van der Waals surface area contributed by atoms with Crippen molar-refractivity contribution in [1.82, 2.24) is 5.32 Å². The summed E-state index contributed by atoms with van der Waals surface area (Å²) in [6.07, 6.45) is 6.32. The minimum atomic E-state index is 0.127. The molecule has 3 N–H and O–H groups in total. The van der Waals surface area contributed by atoms with E-state index in [0.717, 1.165) is 12.8 Å². The fourth-order valence-corrected chi connectivity index (χ4v) is 1.82. The van der Waals surface area contributed by atoms with Gasteiger partial charge in [-0.25, -0.2) is 0 Å². The quantitative estimate of drug-likeness (QED) is 0.633. The van der Waals surface area contributed by atoms with Gasteiger partial charge >= 0.3 is 0 Å². The van der Waals surface area contributed by atoms with E-state index in [9.17, 15) is 4.79 Å². The van der Waals surface area contributed by atoms with Gasteiger partial charge in [0.1, 0.15) is 0 Å². The maximum Gasteiger partial charge on any atom is 0.219 e. The zero-order valence-electron chi connectivity index (χ0n) is 8.38. The van der Waals surface area contributed by atoms with Crippen molar-refractivity contribution in [1.29, 1.82) is 0 Å². The Morgan fingerprint density at radius 2 is 2.08 bits per heavy atom. The number of hydrogen-bond donors (Lipinski definition) is 2. The monoisotopic (exact) mass is 184 g/mol. The summed E-state index contributed by atoms with van der Waals surface area (Å²) in [6, 6.07) is 0.382. The molecular formula is C10H20N2O. The van der Waals surface area contributed by atoms with Crippen LogP contribution in [0.3, 0.4) is 0 Å². The minimum Gasteiger partial charge on any atom is -0.352 e. The SMILES string of the molecule is CCC(=O)NC1CCCCCC1N. The van der Waals surface area contributed by atoms with Crippen molar-refractivity contribution in [3.63, 3.8) is 0 Å². The van der Waals surface area contributed by atoms with Gasteiger partial charge in [0.2, 0.25) is 5.91 Å². The number of rotatable bonds is 2. The smallest absolute Gasteiger partial charge is 0.219 e. The predicted molar refractivity (Wildman–Crippen MR) is 53.3 cm³/mol. The van der Waals surface area contributed by atoms with Crippen molar-refractivity contribution in [2.24, 2.45) is 5.73 Å². The zero-order chi connectivity index (χ0) is 9.68. The third-order valence-electron chi connectivity index (χ3n) is 2.74. The maximum absolute atomic E-state index is 11.2. The summed E-state index contributed by atoms with van der Waals surface area (Å²) < 4.78 is 0. The van der Waals surface area contributed by atoms with Crippen LogP contribution in [0.25, 0.3) is 0 Å². The van der Waals surface area contributed by atoms with Gasteiger partial charge in [0.15, 0.2) is 0 Å². The highest BCUT2D eigenvalue weighted by atomic mass is 16.1. The van der Waals surface area contributed by atoms with Gasteiger partial charge in [-0.05, 0) is 12.8 Å². The lowest BCUT2D eigenvalue weighted by Crippen LogP contribution is -2.46. The Labute approximate surface area is 80.1 Å². The van der Waals surface area contributed by atoms with Gasteiger partial charge in [0.25, 0.3) is 0 Å². The van der Waals surface area contributed by atoms with E-state index < -0.39 is 0 Å². The van der Waals surface area contributed by atoms with Crippen LogP contribution in [0.2, 0.25) is 0 Å². The second kappa shape index (κ2) is 5.22. The average Bonchev–Trinajstić information content (AvgIpc) is 2.32. The molecule has 0 aromatic carbocycles. The Bertz CT molecular complexity index is 170. The van der Waals surface area contributed by atoms with Crippen LogP contribution in [0.15, 0.2) is 0 Å². The molecule has 1 fully saturated rings. The van der Waals surface area contributed by atoms with Crippen molar-refractivity contribution in [3.05, 3.63) is 0 Å². The first-order valence-electron chi connectivity index (χ1n) is 5.29. The van der Waals surface area contributed by atoms with Crippen molar-refractivity contribution in [2.45, 2.75) is 57.5 Å². The average molecular weight is 184 g/mol. The number of nitrogens with one attached hydrogen (secondary N) is 1. The van der Waals surface area contributed by atoms with Crippen LogP contribution in [0.4, 0.5) is 0 Å². The topological polar surface area (TPSA) is 55.1 Å². The molecule has 3 nitrogen and oxygen atoms in total. The highest BCUT2D eigenvalue weighted by molar-refractivity contribution is 5.75. The van der Waals surface area contributed by atoms with Gasteiger partial charge in [-0.15, -0.1) is 0 Å².